The van der Waals surface area contributed by atoms with Gasteiger partial charge < -0.3 is 10.4 Å². The zero-order valence-corrected chi connectivity index (χ0v) is 21.2. The third kappa shape index (κ3) is 4.70. The van der Waals surface area contributed by atoms with Crippen molar-refractivity contribution in [1.82, 2.24) is 9.46 Å². The third-order valence-corrected chi connectivity index (χ3v) is 8.78. The second kappa shape index (κ2) is 9.08. The van der Waals surface area contributed by atoms with E-state index in [4.69, 9.17) is 4.63 Å². The van der Waals surface area contributed by atoms with Crippen molar-refractivity contribution >= 4 is 38.7 Å². The lowest BCUT2D eigenvalue weighted by Gasteiger charge is -2.27. The van der Waals surface area contributed by atoms with Crippen molar-refractivity contribution in [1.29, 1.82) is 0 Å². The van der Waals surface area contributed by atoms with Gasteiger partial charge in [-0.1, -0.05) is 32.0 Å². The molecule has 184 valence electrons. The van der Waals surface area contributed by atoms with Crippen molar-refractivity contribution in [3.05, 3.63) is 45.0 Å². The van der Waals surface area contributed by atoms with Crippen molar-refractivity contribution in [3.8, 4) is 5.75 Å². The van der Waals surface area contributed by atoms with Crippen LogP contribution in [0.3, 0.4) is 0 Å². The number of hydrogen-bond acceptors (Lipinski definition) is 8. The molecular weight excluding hydrogens is 478 g/mol. The zero-order chi connectivity index (χ0) is 24.7. The summed E-state index contributed by atoms with van der Waals surface area (Å²) in [5.41, 5.74) is -0.120. The number of hydrogen-bond donors (Lipinski definition) is 4. The molecule has 1 aliphatic heterocycles. The normalized spacial score (nSPS) is 16.0. The molecule has 4 rings (SSSR count). The molecule has 10 nitrogen and oxygen atoms in total. The van der Waals surface area contributed by atoms with E-state index in [1.54, 1.807) is 11.3 Å². The lowest BCUT2D eigenvalue weighted by Crippen LogP contribution is -2.29. The van der Waals surface area contributed by atoms with Crippen LogP contribution in [0.4, 0.5) is 17.3 Å². The topological polar surface area (TPSA) is 134 Å². The lowest BCUT2D eigenvalue weighted by molar-refractivity contribution is -0.701. The highest BCUT2D eigenvalue weighted by atomic mass is 32.2. The highest BCUT2D eigenvalue weighted by Gasteiger charge is 2.35. The highest BCUT2D eigenvalue weighted by Crippen LogP contribution is 2.40. The summed E-state index contributed by atoms with van der Waals surface area (Å²) in [6, 6.07) is 8.27. The number of nitrogens with zero attached hydrogens (tertiary/aromatic N) is 2. The summed E-state index contributed by atoms with van der Waals surface area (Å²) >= 11 is 1.63. The maximum Gasteiger partial charge on any atom is 0.367 e. The van der Waals surface area contributed by atoms with Gasteiger partial charge in [-0.15, -0.1) is 16.0 Å². The molecule has 0 saturated carbocycles. The molecule has 12 heteroatoms. The van der Waals surface area contributed by atoms with Gasteiger partial charge in [0.15, 0.2) is 10.3 Å². The number of aromatic amines is 1. The Morgan fingerprint density at radius 2 is 1.91 bits per heavy atom. The number of sulfonamides is 1. The van der Waals surface area contributed by atoms with Crippen LogP contribution in [0.25, 0.3) is 0 Å². The van der Waals surface area contributed by atoms with E-state index in [9.17, 15) is 18.4 Å². The third-order valence-electron chi connectivity index (χ3n) is 5.78. The fraction of sp³-hybridized carbons (Fsp3) is 0.455. The average Bonchev–Trinajstić information content (AvgIpc) is 3.50. The van der Waals surface area contributed by atoms with E-state index in [1.807, 2.05) is 19.1 Å². The Labute approximate surface area is 202 Å². The Bertz CT molecular complexity index is 1330. The summed E-state index contributed by atoms with van der Waals surface area (Å²) in [5.74, 6) is -0.185. The maximum absolute atomic E-state index is 13.0. The monoisotopic (exact) mass is 508 g/mol. The van der Waals surface area contributed by atoms with Crippen molar-refractivity contribution in [2.75, 3.05) is 23.7 Å². The molecule has 0 unspecified atom stereocenters. The molecular formula is C22H30N5O5S2+. The predicted octanol–water partition coefficient (Wildman–Crippen LogP) is 4.33. The van der Waals surface area contributed by atoms with E-state index >= 15 is 0 Å². The van der Waals surface area contributed by atoms with E-state index in [0.717, 1.165) is 22.6 Å². The fourth-order valence-electron chi connectivity index (χ4n) is 3.98. The van der Waals surface area contributed by atoms with E-state index in [2.05, 4.69) is 36.6 Å². The number of aromatic nitrogens is 2. The Hall–Kier alpha value is -2.83. The van der Waals surface area contributed by atoms with Crippen LogP contribution in [-0.4, -0.2) is 36.1 Å². The molecule has 3 heterocycles. The molecule has 1 atom stereocenters. The number of nitrogens with one attached hydrogen (secondary N) is 3. The van der Waals surface area contributed by atoms with Gasteiger partial charge in [0.2, 0.25) is 10.0 Å². The van der Waals surface area contributed by atoms with Crippen LogP contribution in [0.1, 0.15) is 49.4 Å². The number of aromatic hydroxyl groups is 1. The van der Waals surface area contributed by atoms with Crippen molar-refractivity contribution in [2.45, 2.75) is 51.5 Å². The molecule has 0 bridgehead atoms. The molecule has 0 radical (unpaired) electrons. The van der Waals surface area contributed by atoms with Crippen molar-refractivity contribution < 1.29 is 22.8 Å². The SMILES string of the molecule is Cc1ccc([C@H](Nc2c(Nc3cccc(S(=O)(=O)N4CCCC4)c3O)[nH]o[n+]2=O)C(C)(C)C)s1. The van der Waals surface area contributed by atoms with Gasteiger partial charge in [-0.3, -0.25) is 5.32 Å². The Morgan fingerprint density at radius 1 is 1.21 bits per heavy atom. The van der Waals surface area contributed by atoms with E-state index in [0.29, 0.717) is 17.7 Å². The molecule has 3 aromatic rings. The van der Waals surface area contributed by atoms with E-state index in [-0.39, 0.29) is 33.7 Å². The molecule has 0 spiro atoms. The maximum atomic E-state index is 13.0. The van der Waals surface area contributed by atoms with Crippen molar-refractivity contribution in [2.24, 2.45) is 5.41 Å². The van der Waals surface area contributed by atoms with Gasteiger partial charge in [0.1, 0.15) is 10.9 Å². The highest BCUT2D eigenvalue weighted by molar-refractivity contribution is 7.89. The summed E-state index contributed by atoms with van der Waals surface area (Å²) in [6.45, 7) is 9.05. The van der Waals surface area contributed by atoms with Crippen molar-refractivity contribution in [3.63, 3.8) is 0 Å². The molecule has 0 aliphatic carbocycles. The smallest absolute Gasteiger partial charge is 0.367 e. The molecule has 4 N–H and O–H groups in total. The fourth-order valence-corrected chi connectivity index (χ4v) is 6.77. The lowest BCUT2D eigenvalue weighted by atomic mass is 9.86. The quantitative estimate of drug-likeness (QED) is 0.349. The standard InChI is InChI=1S/C22H29N5O5S2/c1-14-10-11-16(33-14)19(22(2,3)4)24-21-20(25-32-27(21)29)23-15-8-7-9-17(18(15)28)34(30,31)26-12-5-6-13-26/h7-11,19,24H,5-6,12-13H2,1-4H3,(H2-,23,25,28,29)/p+1/t19-/m0/s1. The van der Waals surface area contributed by atoms with E-state index in [1.165, 1.54) is 22.5 Å². The van der Waals surface area contributed by atoms with Gasteiger partial charge in [-0.25, -0.2) is 8.42 Å². The van der Waals surface area contributed by atoms with Crippen LogP contribution in [0.15, 0.2) is 39.9 Å². The van der Waals surface area contributed by atoms with Gasteiger partial charge in [0.05, 0.1) is 5.69 Å². The molecule has 0 amide bonds. The van der Waals surface area contributed by atoms with Gasteiger partial charge in [-0.05, 0) is 48.9 Å². The van der Waals surface area contributed by atoms with Crippen LogP contribution in [0.5, 0.6) is 5.75 Å². The zero-order valence-electron chi connectivity index (χ0n) is 19.6. The first-order valence-electron chi connectivity index (χ1n) is 11.0. The van der Waals surface area contributed by atoms with E-state index < -0.39 is 15.8 Å². The van der Waals surface area contributed by atoms with Gasteiger partial charge >= 0.3 is 5.82 Å². The summed E-state index contributed by atoms with van der Waals surface area (Å²) in [5, 5.41) is 19.5. The first-order chi connectivity index (χ1) is 16.0. The molecule has 1 saturated heterocycles. The number of thiophene rings is 1. The molecule has 34 heavy (non-hydrogen) atoms. The van der Waals surface area contributed by atoms with Gasteiger partial charge in [0, 0.05) is 28.3 Å². The minimum atomic E-state index is -3.83. The van der Waals surface area contributed by atoms with Crippen LogP contribution in [0, 0.1) is 17.2 Å². The summed E-state index contributed by atoms with van der Waals surface area (Å²) in [7, 11) is -3.83. The number of H-pyrrole nitrogens is 1. The second-order valence-electron chi connectivity index (χ2n) is 9.45. The summed E-state index contributed by atoms with van der Waals surface area (Å²) < 4.78 is 32.6. The number of rotatable bonds is 7. The second-order valence-corrected chi connectivity index (χ2v) is 12.7. The Balaban J connectivity index is 1.66. The first kappa shape index (κ1) is 24.3. The van der Waals surface area contributed by atoms with Crippen LogP contribution < -0.4 is 15.2 Å². The minimum absolute atomic E-state index is 0.0816. The average molecular weight is 509 g/mol. The summed E-state index contributed by atoms with van der Waals surface area (Å²) in [4.78, 5) is 14.5. The molecule has 1 fully saturated rings. The van der Waals surface area contributed by atoms with Crippen LogP contribution >= 0.6 is 11.3 Å². The first-order valence-corrected chi connectivity index (χ1v) is 13.3. The molecule has 2 aromatic heterocycles. The number of benzene rings is 1. The minimum Gasteiger partial charge on any atom is -0.504 e. The number of para-hydroxylation sites is 1. The number of aryl methyl sites for hydroxylation is 1. The van der Waals surface area contributed by atoms with Crippen LogP contribution in [-0.2, 0) is 10.0 Å². The number of phenolic OH excluding ortho intramolecular Hbond substituents is 1. The van der Waals surface area contributed by atoms with Gasteiger partial charge in [-0.2, -0.15) is 4.31 Å². The van der Waals surface area contributed by atoms with Crippen LogP contribution in [0.2, 0.25) is 0 Å². The van der Waals surface area contributed by atoms with Gasteiger partial charge in [0.25, 0.3) is 5.82 Å². The number of anilines is 3. The Kier molecular flexibility index (Phi) is 6.49. The predicted molar refractivity (Wildman–Crippen MR) is 131 cm³/mol. The number of phenols is 1. The largest absolute Gasteiger partial charge is 0.504 e. The molecule has 1 aliphatic rings. The summed E-state index contributed by atoms with van der Waals surface area (Å²) in [6.07, 6.45) is 1.58. The molecule has 1 aromatic carbocycles. The Morgan fingerprint density at radius 3 is 2.53 bits per heavy atom.